The summed E-state index contributed by atoms with van der Waals surface area (Å²) in [6.45, 7) is 0.652. The maximum absolute atomic E-state index is 6.01. The van der Waals surface area contributed by atoms with Gasteiger partial charge in [0.25, 0.3) is 0 Å². The van der Waals surface area contributed by atoms with Crippen LogP contribution < -0.4 is 0 Å². The van der Waals surface area contributed by atoms with E-state index in [1.807, 2.05) is 17.8 Å². The Labute approximate surface area is 101 Å². The second kappa shape index (κ2) is 4.37. The minimum Gasteiger partial charge on any atom is -0.331 e. The van der Waals surface area contributed by atoms with Gasteiger partial charge in [-0.15, -0.1) is 0 Å². The first-order chi connectivity index (χ1) is 7.19. The van der Waals surface area contributed by atoms with Gasteiger partial charge in [-0.3, -0.25) is 4.68 Å². The molecule has 0 bridgehead atoms. The first-order valence-corrected chi connectivity index (χ1v) is 5.93. The van der Waals surface area contributed by atoms with Crippen LogP contribution in [0.15, 0.2) is 18.7 Å². The van der Waals surface area contributed by atoms with Gasteiger partial charge in [-0.25, -0.2) is 4.98 Å². The molecule has 0 unspecified atom stereocenters. The topological polar surface area (TPSA) is 35.6 Å². The summed E-state index contributed by atoms with van der Waals surface area (Å²) in [6, 6.07) is 0. The van der Waals surface area contributed by atoms with Crippen molar-refractivity contribution in [1.29, 1.82) is 0 Å². The highest BCUT2D eigenvalue weighted by Crippen LogP contribution is 2.14. The lowest BCUT2D eigenvalue weighted by atomic mass is 10.4. The van der Waals surface area contributed by atoms with E-state index < -0.39 is 0 Å². The number of halogens is 2. The van der Waals surface area contributed by atoms with E-state index in [2.05, 4.69) is 26.0 Å². The predicted molar refractivity (Wildman–Crippen MR) is 62.2 cm³/mol. The van der Waals surface area contributed by atoms with Gasteiger partial charge in [0.1, 0.15) is 5.69 Å². The van der Waals surface area contributed by atoms with Crippen LogP contribution in [0.5, 0.6) is 0 Å². The van der Waals surface area contributed by atoms with E-state index in [4.69, 9.17) is 11.6 Å². The number of aromatic nitrogens is 4. The lowest BCUT2D eigenvalue weighted by molar-refractivity contribution is 0.705. The van der Waals surface area contributed by atoms with E-state index in [1.165, 1.54) is 0 Å². The third-order valence-electron chi connectivity index (χ3n) is 2.01. The summed E-state index contributed by atoms with van der Waals surface area (Å²) in [4.78, 5) is 4.21. The molecule has 0 saturated carbocycles. The summed E-state index contributed by atoms with van der Waals surface area (Å²) in [7, 11) is 1.85. The van der Waals surface area contributed by atoms with Gasteiger partial charge in [-0.05, 0) is 0 Å². The molecule has 0 fully saturated rings. The van der Waals surface area contributed by atoms with Crippen LogP contribution in [0.3, 0.4) is 0 Å². The van der Waals surface area contributed by atoms with E-state index in [0.717, 1.165) is 16.7 Å². The zero-order valence-electron chi connectivity index (χ0n) is 8.19. The Kier molecular flexibility index (Phi) is 3.11. The lowest BCUT2D eigenvalue weighted by Gasteiger charge is -1.98. The van der Waals surface area contributed by atoms with Crippen molar-refractivity contribution in [1.82, 2.24) is 19.3 Å². The smallest absolute Gasteiger partial charge is 0.101 e. The summed E-state index contributed by atoms with van der Waals surface area (Å²) in [6.07, 6.45) is 5.54. The van der Waals surface area contributed by atoms with Crippen molar-refractivity contribution in [2.75, 3.05) is 0 Å². The van der Waals surface area contributed by atoms with Crippen molar-refractivity contribution in [3.8, 4) is 0 Å². The summed E-state index contributed by atoms with van der Waals surface area (Å²) < 4.78 is 3.67. The van der Waals surface area contributed by atoms with Crippen LogP contribution in [0, 0.1) is 0 Å². The summed E-state index contributed by atoms with van der Waals surface area (Å²) in [5, 5.41) is 5.71. The van der Waals surface area contributed by atoms with Crippen molar-refractivity contribution >= 4 is 27.5 Å². The van der Waals surface area contributed by atoms with E-state index in [0.29, 0.717) is 11.6 Å². The van der Waals surface area contributed by atoms with Crippen LogP contribution in [0.4, 0.5) is 0 Å². The number of hydrogen-bond donors (Lipinski definition) is 0. The molecule has 0 radical (unpaired) electrons. The number of nitrogens with zero attached hydrogens (tertiary/aromatic N) is 4. The van der Waals surface area contributed by atoms with Crippen LogP contribution in [0.25, 0.3) is 0 Å². The molecule has 2 aromatic rings. The van der Waals surface area contributed by atoms with Gasteiger partial charge in [-0.2, -0.15) is 5.10 Å². The molecular formula is C9H10BrClN4. The highest BCUT2D eigenvalue weighted by molar-refractivity contribution is 9.08. The van der Waals surface area contributed by atoms with Gasteiger partial charge < -0.3 is 4.57 Å². The Morgan fingerprint density at radius 3 is 2.80 bits per heavy atom. The molecule has 80 valence electrons. The van der Waals surface area contributed by atoms with E-state index in [9.17, 15) is 0 Å². The molecule has 0 spiro atoms. The number of rotatable bonds is 3. The van der Waals surface area contributed by atoms with Crippen LogP contribution in [-0.4, -0.2) is 19.3 Å². The van der Waals surface area contributed by atoms with Crippen LogP contribution in [-0.2, 0) is 18.9 Å². The van der Waals surface area contributed by atoms with Crippen LogP contribution in [0.2, 0.25) is 5.02 Å². The van der Waals surface area contributed by atoms with Crippen molar-refractivity contribution in [3.63, 3.8) is 0 Å². The Bertz CT molecular complexity index is 462. The van der Waals surface area contributed by atoms with Gasteiger partial charge >= 0.3 is 0 Å². The molecule has 2 rings (SSSR count). The minimum absolute atomic E-state index is 0.652. The second-order valence-electron chi connectivity index (χ2n) is 3.27. The summed E-state index contributed by atoms with van der Waals surface area (Å²) in [5.74, 6) is 0. The Hall–Kier alpha value is -0.810. The average molecular weight is 290 g/mol. The molecular weight excluding hydrogens is 279 g/mol. The number of imidazole rings is 1. The fraction of sp³-hybridized carbons (Fsp3) is 0.333. The van der Waals surface area contributed by atoms with Crippen molar-refractivity contribution in [2.45, 2.75) is 11.9 Å². The van der Waals surface area contributed by atoms with Gasteiger partial charge in [0.2, 0.25) is 0 Å². The fourth-order valence-electron chi connectivity index (χ4n) is 1.35. The summed E-state index contributed by atoms with van der Waals surface area (Å²) >= 11 is 9.36. The SMILES string of the molecule is Cn1cc(Cl)c(Cn2cnc(CBr)c2)n1. The molecule has 6 heteroatoms. The highest BCUT2D eigenvalue weighted by Gasteiger charge is 2.06. The van der Waals surface area contributed by atoms with Crippen molar-refractivity contribution < 1.29 is 0 Å². The van der Waals surface area contributed by atoms with Gasteiger partial charge in [0.05, 0.1) is 23.6 Å². The quantitative estimate of drug-likeness (QED) is 0.812. The van der Waals surface area contributed by atoms with Gasteiger partial charge in [-0.1, -0.05) is 27.5 Å². The zero-order valence-corrected chi connectivity index (χ0v) is 10.5. The average Bonchev–Trinajstić information content (AvgIpc) is 2.75. The van der Waals surface area contributed by atoms with E-state index in [-0.39, 0.29) is 0 Å². The van der Waals surface area contributed by atoms with Crippen molar-refractivity contribution in [2.24, 2.45) is 7.05 Å². The molecule has 0 saturated heterocycles. The molecule has 0 atom stereocenters. The highest BCUT2D eigenvalue weighted by atomic mass is 79.9. The molecule has 0 amide bonds. The number of aryl methyl sites for hydroxylation is 1. The maximum atomic E-state index is 6.01. The largest absolute Gasteiger partial charge is 0.331 e. The molecule has 2 aromatic heterocycles. The first kappa shape index (κ1) is 10.7. The number of alkyl halides is 1. The van der Waals surface area contributed by atoms with Crippen molar-refractivity contribution in [3.05, 3.63) is 35.1 Å². The molecule has 0 N–H and O–H groups in total. The van der Waals surface area contributed by atoms with Crippen LogP contribution >= 0.6 is 27.5 Å². The molecule has 0 aromatic carbocycles. The van der Waals surface area contributed by atoms with Gasteiger partial charge in [0, 0.05) is 24.8 Å². The molecule has 0 aliphatic carbocycles. The third kappa shape index (κ3) is 2.41. The van der Waals surface area contributed by atoms with Crippen LogP contribution in [0.1, 0.15) is 11.4 Å². The minimum atomic E-state index is 0.652. The predicted octanol–water partition coefficient (Wildman–Crippen LogP) is 2.21. The van der Waals surface area contributed by atoms with E-state index >= 15 is 0 Å². The molecule has 4 nitrogen and oxygen atoms in total. The standard InChI is InChI=1S/C9H10BrClN4/c1-14-4-8(11)9(13-14)5-15-3-7(2-10)12-6-15/h3-4,6H,2,5H2,1H3. The van der Waals surface area contributed by atoms with E-state index in [1.54, 1.807) is 17.2 Å². The second-order valence-corrected chi connectivity index (χ2v) is 4.24. The fourth-order valence-corrected chi connectivity index (χ4v) is 1.88. The van der Waals surface area contributed by atoms with Gasteiger partial charge in [0.15, 0.2) is 0 Å². The normalized spacial score (nSPS) is 10.9. The molecule has 0 aliphatic heterocycles. The third-order valence-corrected chi connectivity index (χ3v) is 2.90. The Morgan fingerprint density at radius 1 is 1.47 bits per heavy atom. The lowest BCUT2D eigenvalue weighted by Crippen LogP contribution is -1.99. The Morgan fingerprint density at radius 2 is 2.27 bits per heavy atom. The first-order valence-electron chi connectivity index (χ1n) is 4.43. The number of hydrogen-bond acceptors (Lipinski definition) is 2. The zero-order chi connectivity index (χ0) is 10.8. The summed E-state index contributed by atoms with van der Waals surface area (Å²) in [5.41, 5.74) is 1.86. The Balaban J connectivity index is 2.17. The molecule has 0 aliphatic rings. The molecule has 2 heterocycles. The maximum Gasteiger partial charge on any atom is 0.101 e. The monoisotopic (exact) mass is 288 g/mol. The molecule has 15 heavy (non-hydrogen) atoms.